The maximum Gasteiger partial charge on any atom is 0.316 e. The summed E-state index contributed by atoms with van der Waals surface area (Å²) in [6.45, 7) is 2.49. The number of carbonyl (C=O) groups is 1. The molecule has 0 spiro atoms. The van der Waals surface area contributed by atoms with Crippen LogP contribution in [0.3, 0.4) is 0 Å². The Morgan fingerprint density at radius 2 is 1.67 bits per heavy atom. The molecule has 2 aromatic heterocycles. The number of hydrogen-bond acceptors (Lipinski definition) is 4. The van der Waals surface area contributed by atoms with Crippen LogP contribution in [0.15, 0.2) is 94.6 Å². The first kappa shape index (κ1) is 23.0. The number of fused-ring (bicyclic) bond motifs is 1. The van der Waals surface area contributed by atoms with E-state index in [1.54, 1.807) is 37.1 Å². The summed E-state index contributed by atoms with van der Waals surface area (Å²) < 4.78 is 3.22. The SMILES string of the molecule is CCn1c(=O)c(=O)[nH]c2cc(C(=O)N(C)Cc3cn(-c4ccccc4)nc3-c3ccccc3)ccc21. The number of H-pyrrole nitrogens is 1. The number of aromatic nitrogens is 4. The molecule has 0 unspecified atom stereocenters. The van der Waals surface area contributed by atoms with Crippen molar-refractivity contribution in [1.29, 1.82) is 0 Å². The molecule has 0 aliphatic heterocycles. The van der Waals surface area contributed by atoms with Gasteiger partial charge in [0.2, 0.25) is 0 Å². The molecule has 3 aromatic carbocycles. The van der Waals surface area contributed by atoms with Crippen LogP contribution in [0.4, 0.5) is 0 Å². The van der Waals surface area contributed by atoms with Crippen molar-refractivity contribution in [2.24, 2.45) is 0 Å². The first-order chi connectivity index (χ1) is 17.5. The lowest BCUT2D eigenvalue weighted by atomic mass is 10.1. The molecule has 0 bridgehead atoms. The van der Waals surface area contributed by atoms with Crippen molar-refractivity contribution in [3.05, 3.63) is 117 Å². The van der Waals surface area contributed by atoms with Gasteiger partial charge in [-0.15, -0.1) is 0 Å². The molecule has 0 atom stereocenters. The van der Waals surface area contributed by atoms with Crippen molar-refractivity contribution in [2.75, 3.05) is 7.05 Å². The summed E-state index contributed by atoms with van der Waals surface area (Å²) in [4.78, 5) is 41.8. The van der Waals surface area contributed by atoms with Crippen molar-refractivity contribution >= 4 is 16.9 Å². The number of para-hydroxylation sites is 1. The second-order valence-corrected chi connectivity index (χ2v) is 8.55. The summed E-state index contributed by atoms with van der Waals surface area (Å²) in [6, 6.07) is 24.7. The van der Waals surface area contributed by atoms with Gasteiger partial charge in [0.05, 0.1) is 22.4 Å². The quantitative estimate of drug-likeness (QED) is 0.375. The van der Waals surface area contributed by atoms with Crippen LogP contribution in [0, 0.1) is 0 Å². The van der Waals surface area contributed by atoms with Gasteiger partial charge in [0.25, 0.3) is 5.91 Å². The van der Waals surface area contributed by atoms with E-state index in [1.165, 1.54) is 4.57 Å². The van der Waals surface area contributed by atoms with E-state index in [-0.39, 0.29) is 5.91 Å². The van der Waals surface area contributed by atoms with Crippen molar-refractivity contribution in [3.63, 3.8) is 0 Å². The standard InChI is InChI=1S/C28H25N5O3/c1-3-32-24-15-14-20(16-23(24)29-26(34)28(32)36)27(35)31(2)17-21-18-33(22-12-8-5-9-13-22)30-25(21)19-10-6-4-7-11-19/h4-16,18H,3,17H2,1-2H3,(H,29,34). The normalized spacial score (nSPS) is 11.1. The zero-order valence-corrected chi connectivity index (χ0v) is 20.0. The number of rotatable bonds is 6. The number of nitrogens with zero attached hydrogens (tertiary/aromatic N) is 4. The minimum atomic E-state index is -0.705. The zero-order chi connectivity index (χ0) is 25.2. The zero-order valence-electron chi connectivity index (χ0n) is 20.0. The fourth-order valence-corrected chi connectivity index (χ4v) is 4.35. The van der Waals surface area contributed by atoms with Gasteiger partial charge in [0.15, 0.2) is 0 Å². The number of nitrogens with one attached hydrogen (secondary N) is 1. The van der Waals surface area contributed by atoms with Gasteiger partial charge in [-0.3, -0.25) is 14.4 Å². The smallest absolute Gasteiger partial charge is 0.316 e. The van der Waals surface area contributed by atoms with E-state index < -0.39 is 11.1 Å². The number of aromatic amines is 1. The van der Waals surface area contributed by atoms with Gasteiger partial charge in [-0.05, 0) is 37.3 Å². The van der Waals surface area contributed by atoms with Gasteiger partial charge in [0.1, 0.15) is 0 Å². The summed E-state index contributed by atoms with van der Waals surface area (Å²) >= 11 is 0. The number of carbonyl (C=O) groups excluding carboxylic acids is 1. The van der Waals surface area contributed by atoms with Gasteiger partial charge < -0.3 is 14.5 Å². The average Bonchev–Trinajstić information content (AvgIpc) is 3.33. The Balaban J connectivity index is 1.49. The van der Waals surface area contributed by atoms with Crippen molar-refractivity contribution in [2.45, 2.75) is 20.0 Å². The predicted molar refractivity (Wildman–Crippen MR) is 139 cm³/mol. The van der Waals surface area contributed by atoms with Crippen LogP contribution in [0.25, 0.3) is 28.0 Å². The Bertz CT molecular complexity index is 1670. The minimum absolute atomic E-state index is 0.210. The van der Waals surface area contributed by atoms with E-state index in [9.17, 15) is 14.4 Å². The third kappa shape index (κ3) is 4.24. The number of hydrogen-bond donors (Lipinski definition) is 1. The molecule has 180 valence electrons. The molecule has 5 aromatic rings. The highest BCUT2D eigenvalue weighted by molar-refractivity contribution is 5.97. The molecule has 1 amide bonds. The molecule has 0 aliphatic carbocycles. The fraction of sp³-hybridized carbons (Fsp3) is 0.143. The monoisotopic (exact) mass is 479 g/mol. The Hall–Kier alpha value is -4.72. The second kappa shape index (κ2) is 9.50. The first-order valence-electron chi connectivity index (χ1n) is 11.7. The predicted octanol–water partition coefficient (Wildman–Crippen LogP) is 3.83. The van der Waals surface area contributed by atoms with Gasteiger partial charge in [-0.25, -0.2) is 4.68 Å². The lowest BCUT2D eigenvalue weighted by molar-refractivity contribution is 0.0785. The van der Waals surface area contributed by atoms with Crippen LogP contribution in [0.5, 0.6) is 0 Å². The van der Waals surface area contributed by atoms with E-state index in [1.807, 2.05) is 71.5 Å². The van der Waals surface area contributed by atoms with E-state index in [0.717, 1.165) is 22.5 Å². The molecule has 2 heterocycles. The van der Waals surface area contributed by atoms with Crippen LogP contribution in [-0.2, 0) is 13.1 Å². The molecule has 8 heteroatoms. The van der Waals surface area contributed by atoms with Gasteiger partial charge in [-0.1, -0.05) is 48.5 Å². The third-order valence-electron chi connectivity index (χ3n) is 6.15. The molecule has 36 heavy (non-hydrogen) atoms. The maximum atomic E-state index is 13.4. The minimum Gasteiger partial charge on any atom is -0.337 e. The third-order valence-corrected chi connectivity index (χ3v) is 6.15. The molecule has 0 aliphatic rings. The number of amides is 1. The summed E-state index contributed by atoms with van der Waals surface area (Å²) in [7, 11) is 1.73. The molecule has 1 N–H and O–H groups in total. The van der Waals surface area contributed by atoms with Gasteiger partial charge in [-0.2, -0.15) is 5.10 Å². The van der Waals surface area contributed by atoms with Crippen LogP contribution in [0.2, 0.25) is 0 Å². The van der Waals surface area contributed by atoms with Crippen molar-refractivity contribution < 1.29 is 4.79 Å². The molecule has 0 saturated carbocycles. The van der Waals surface area contributed by atoms with E-state index >= 15 is 0 Å². The summed E-state index contributed by atoms with van der Waals surface area (Å²) in [5.41, 5.74) is 3.72. The van der Waals surface area contributed by atoms with Crippen LogP contribution in [0.1, 0.15) is 22.8 Å². The Morgan fingerprint density at radius 3 is 2.36 bits per heavy atom. The van der Waals surface area contributed by atoms with E-state index in [4.69, 9.17) is 5.10 Å². The Morgan fingerprint density at radius 1 is 0.972 bits per heavy atom. The van der Waals surface area contributed by atoms with Crippen molar-refractivity contribution in [1.82, 2.24) is 24.2 Å². The largest absolute Gasteiger partial charge is 0.337 e. The maximum absolute atomic E-state index is 13.4. The highest BCUT2D eigenvalue weighted by Crippen LogP contribution is 2.25. The second-order valence-electron chi connectivity index (χ2n) is 8.55. The molecule has 5 rings (SSSR count). The molecule has 0 radical (unpaired) electrons. The molecular formula is C28H25N5O3. The van der Waals surface area contributed by atoms with Crippen LogP contribution < -0.4 is 11.1 Å². The van der Waals surface area contributed by atoms with Crippen molar-refractivity contribution in [3.8, 4) is 16.9 Å². The summed E-state index contributed by atoms with van der Waals surface area (Å²) in [5, 5.41) is 4.82. The van der Waals surface area contributed by atoms with E-state index in [0.29, 0.717) is 29.7 Å². The van der Waals surface area contributed by atoms with E-state index in [2.05, 4.69) is 4.98 Å². The molecule has 8 nitrogen and oxygen atoms in total. The number of benzene rings is 3. The number of aryl methyl sites for hydroxylation is 1. The molecule has 0 saturated heterocycles. The molecular weight excluding hydrogens is 454 g/mol. The first-order valence-corrected chi connectivity index (χ1v) is 11.7. The highest BCUT2D eigenvalue weighted by atomic mass is 16.2. The topological polar surface area (TPSA) is 93.0 Å². The lowest BCUT2D eigenvalue weighted by Crippen LogP contribution is -2.36. The lowest BCUT2D eigenvalue weighted by Gasteiger charge is -2.18. The summed E-state index contributed by atoms with van der Waals surface area (Å²) in [6.07, 6.45) is 1.94. The Kier molecular flexibility index (Phi) is 6.08. The van der Waals surface area contributed by atoms with Gasteiger partial charge >= 0.3 is 11.1 Å². The summed E-state index contributed by atoms with van der Waals surface area (Å²) in [5.74, 6) is -0.210. The Labute approximate surface area is 207 Å². The fourth-order valence-electron chi connectivity index (χ4n) is 4.35. The molecule has 0 fully saturated rings. The van der Waals surface area contributed by atoms with Gasteiger partial charge in [0, 0.05) is 43.0 Å². The average molecular weight is 480 g/mol. The highest BCUT2D eigenvalue weighted by Gasteiger charge is 2.19. The van der Waals surface area contributed by atoms with Crippen LogP contribution >= 0.6 is 0 Å². The van der Waals surface area contributed by atoms with Crippen LogP contribution in [-0.4, -0.2) is 37.2 Å².